The average molecular weight is 308 g/mol. The van der Waals surface area contributed by atoms with Crippen molar-refractivity contribution in [3.63, 3.8) is 0 Å². The second-order valence-corrected chi connectivity index (χ2v) is 5.35. The first-order valence-corrected chi connectivity index (χ1v) is 6.91. The summed E-state index contributed by atoms with van der Waals surface area (Å²) < 4.78 is 127. The average Bonchev–Trinajstić information content (AvgIpc) is 2.89. The Balaban J connectivity index is 2.97. The zero-order valence-electron chi connectivity index (χ0n) is 23.8. The smallest absolute Gasteiger partial charge is 0.215 e. The zero-order valence-corrected chi connectivity index (χ0v) is 11.6. The molecule has 0 radical (unpaired) electrons. The summed E-state index contributed by atoms with van der Waals surface area (Å²) in [6.07, 6.45) is -1.62. The van der Waals surface area contributed by atoms with Crippen LogP contribution in [-0.2, 0) is 22.1 Å². The van der Waals surface area contributed by atoms with E-state index in [2.05, 4.69) is 0 Å². The van der Waals surface area contributed by atoms with Crippen LogP contribution in [0.2, 0.25) is 2.82 Å². The second-order valence-electron chi connectivity index (χ2n) is 3.83. The van der Waals surface area contributed by atoms with Gasteiger partial charge in [-0.05, 0) is 50.7 Å². The van der Waals surface area contributed by atoms with E-state index in [-0.39, 0.29) is 4.72 Å². The molecule has 5 nitrogen and oxygen atoms in total. The summed E-state index contributed by atoms with van der Waals surface area (Å²) in [4.78, 5) is 0.704. The van der Waals surface area contributed by atoms with Gasteiger partial charge in [-0.25, -0.2) is 13.1 Å². The van der Waals surface area contributed by atoms with E-state index in [1.54, 1.807) is 0 Å². The Labute approximate surface area is 138 Å². The van der Waals surface area contributed by atoms with E-state index in [4.69, 9.17) is 17.9 Å². The normalized spacial score (nSPS) is 24.1. The van der Waals surface area contributed by atoms with Gasteiger partial charge in [0.2, 0.25) is 10.0 Å². The minimum absolute atomic E-state index is 0.198. The molecule has 0 saturated heterocycles. The molecule has 0 fully saturated rings. The minimum Gasteiger partial charge on any atom is -0.361 e. The maximum atomic E-state index is 12.4. The maximum Gasteiger partial charge on any atom is 0.215 e. The largest absolute Gasteiger partial charge is 0.361 e. The fraction of sp³-hybridized carbons (Fsp3) is 0.429. The molecule has 0 spiro atoms. The Morgan fingerprint density at radius 3 is 3.15 bits per heavy atom. The minimum atomic E-state index is -5.09. The number of rotatable bonds is 6. The molecule has 0 aliphatic heterocycles. The molecule has 1 heterocycles. The Bertz CT molecular complexity index is 1200. The summed E-state index contributed by atoms with van der Waals surface area (Å²) in [5, 5.41) is -0.527. The van der Waals surface area contributed by atoms with E-state index < -0.39 is 82.0 Å². The SMILES string of the molecule is [2H]c1c(C([2H])([2H])S(=O)(=O)N([2H])C)c([2H])c2c(CC([2H])([2H])N(C)C([2H])([2H])[2H])c([2H])n([2H])c2c1[2H]. The van der Waals surface area contributed by atoms with Crippen LogP contribution >= 0.6 is 0 Å². The monoisotopic (exact) mass is 308 g/mol. The van der Waals surface area contributed by atoms with Gasteiger partial charge in [0, 0.05) is 33.2 Å². The number of H-pyrrole nitrogens is 1. The lowest BCUT2D eigenvalue weighted by atomic mass is 10.1. The van der Waals surface area contributed by atoms with Crippen molar-refractivity contribution in [3.8, 4) is 0 Å². The zero-order chi connectivity index (χ0) is 26.1. The molecule has 2 aromatic rings. The molecule has 1 aromatic heterocycles. The van der Waals surface area contributed by atoms with Gasteiger partial charge >= 0.3 is 0 Å². The molecule has 0 atom stereocenters. The molecular formula is C14H21N3O2S. The van der Waals surface area contributed by atoms with E-state index in [0.29, 0.717) is 16.9 Å². The van der Waals surface area contributed by atoms with E-state index in [1.807, 2.05) is 0 Å². The molecule has 0 bridgehead atoms. The standard InChI is InChI=1S/C14H21N3O2S/c1-15-20(18,19)10-11-4-5-14-13(8-11)12(9-16-14)6-7-17(2)3/h4-5,8-9,15-16H,6-7,10H2,1-3H3/i2D3,4D,5D,7D2,8D,9D,10D2/hD2. The van der Waals surface area contributed by atoms with Gasteiger partial charge in [0.1, 0.15) is 1.41 Å². The van der Waals surface area contributed by atoms with Crippen molar-refractivity contribution >= 4 is 20.9 Å². The fourth-order valence-corrected chi connectivity index (χ4v) is 1.88. The lowest BCUT2D eigenvalue weighted by Gasteiger charge is -2.08. The molecule has 1 aromatic carbocycles. The molecule has 0 unspecified atom stereocenters. The van der Waals surface area contributed by atoms with E-state index in [9.17, 15) is 8.42 Å². The van der Waals surface area contributed by atoms with E-state index >= 15 is 0 Å². The van der Waals surface area contributed by atoms with E-state index in [1.165, 1.54) is 0 Å². The molecule has 2 rings (SSSR count). The van der Waals surface area contributed by atoms with Crippen molar-refractivity contribution in [1.29, 1.82) is 0 Å². The van der Waals surface area contributed by atoms with Crippen molar-refractivity contribution in [1.82, 2.24) is 14.6 Å². The topological polar surface area (TPSA) is 65.2 Å². The Morgan fingerprint density at radius 1 is 1.65 bits per heavy atom. The molecule has 0 saturated carbocycles. The molecule has 20 heavy (non-hydrogen) atoms. The number of nitrogens with one attached hydrogen (secondary N) is 2. The van der Waals surface area contributed by atoms with Gasteiger partial charge in [-0.3, -0.25) is 0 Å². The number of nitrogens with zero attached hydrogens (tertiary/aromatic N) is 1. The highest BCUT2D eigenvalue weighted by molar-refractivity contribution is 7.88. The van der Waals surface area contributed by atoms with Gasteiger partial charge in [0.15, 0.2) is 1.41 Å². The van der Waals surface area contributed by atoms with Crippen LogP contribution in [0.1, 0.15) is 26.2 Å². The van der Waals surface area contributed by atoms with Crippen LogP contribution in [0.4, 0.5) is 0 Å². The summed E-state index contributed by atoms with van der Waals surface area (Å²) >= 11 is 0. The van der Waals surface area contributed by atoms with Gasteiger partial charge in [-0.1, -0.05) is 6.04 Å². The molecule has 2 N–H and O–H groups in total. The van der Waals surface area contributed by atoms with Gasteiger partial charge in [0.05, 0.1) is 11.2 Å². The summed E-state index contributed by atoms with van der Waals surface area (Å²) in [6, 6.07) is -2.92. The fourth-order valence-electron chi connectivity index (χ4n) is 1.43. The highest BCUT2D eigenvalue weighted by atomic mass is 32.2. The molecule has 0 amide bonds. The Kier molecular flexibility index (Phi) is 1.62. The first kappa shape index (κ1) is 5.44. The number of aromatic amines is 1. The molecule has 0 aliphatic rings. The number of aromatic nitrogens is 1. The Hall–Kier alpha value is -1.37. The second kappa shape index (κ2) is 5.95. The van der Waals surface area contributed by atoms with Crippen LogP contribution in [0, 0.1) is 0 Å². The van der Waals surface area contributed by atoms with Gasteiger partial charge in [-0.15, -0.1) is 0 Å². The number of hydrogen-bond acceptors (Lipinski definition) is 3. The predicted octanol–water partition coefficient (Wildman–Crippen LogP) is 1.32. The van der Waals surface area contributed by atoms with Crippen molar-refractivity contribution in [3.05, 3.63) is 35.4 Å². The third kappa shape index (κ3) is 3.59. The van der Waals surface area contributed by atoms with Crippen LogP contribution in [0.25, 0.3) is 10.9 Å². The summed E-state index contributed by atoms with van der Waals surface area (Å²) in [5.74, 6) is 0. The molecule has 110 valence electrons. The van der Waals surface area contributed by atoms with Crippen LogP contribution in [0.5, 0.6) is 0 Å². The maximum absolute atomic E-state index is 12.4. The molecule has 6 heteroatoms. The van der Waals surface area contributed by atoms with Crippen molar-refractivity contribution in [2.75, 3.05) is 27.6 Å². The van der Waals surface area contributed by atoms with Crippen LogP contribution in [0.3, 0.4) is 0 Å². The van der Waals surface area contributed by atoms with Crippen LogP contribution in [0.15, 0.2) is 24.3 Å². The Morgan fingerprint density at radius 2 is 2.45 bits per heavy atom. The number of likely N-dealkylation sites (N-methyl/N-ethyl adjacent to an activating group) is 1. The lowest BCUT2D eigenvalue weighted by Crippen LogP contribution is -2.20. The molecule has 0 aliphatic carbocycles. The number of hydrogen-bond donors (Lipinski definition) is 2. The highest BCUT2D eigenvalue weighted by Gasteiger charge is 2.11. The number of sulfonamides is 1. The quantitative estimate of drug-likeness (QED) is 0.846. The third-order valence-electron chi connectivity index (χ3n) is 2.36. The highest BCUT2D eigenvalue weighted by Crippen LogP contribution is 2.21. The van der Waals surface area contributed by atoms with E-state index in [0.717, 1.165) is 7.05 Å². The van der Waals surface area contributed by atoms with Gasteiger partial charge in [0.25, 0.3) is 0 Å². The van der Waals surface area contributed by atoms with Crippen molar-refractivity contribution in [2.45, 2.75) is 12.1 Å². The molecular weight excluding hydrogens is 274 g/mol. The lowest BCUT2D eigenvalue weighted by molar-refractivity contribution is 0.414. The first-order valence-electron chi connectivity index (χ1n) is 11.9. The summed E-state index contributed by atoms with van der Waals surface area (Å²) in [6.45, 7) is -5.55. The first-order chi connectivity index (χ1) is 14.6. The van der Waals surface area contributed by atoms with Gasteiger partial charge in [-0.2, -0.15) is 0 Å². The van der Waals surface area contributed by atoms with Crippen LogP contribution in [-0.4, -0.2) is 45.9 Å². The van der Waals surface area contributed by atoms with Crippen molar-refractivity contribution < 1.29 is 26.3 Å². The summed E-state index contributed by atoms with van der Waals surface area (Å²) in [7, 11) is -3.42. The van der Waals surface area contributed by atoms with Gasteiger partial charge < -0.3 is 9.88 Å². The third-order valence-corrected chi connectivity index (χ3v) is 3.30. The number of fused-ring (bicyclic) bond motifs is 1. The predicted molar refractivity (Wildman–Crippen MR) is 82.2 cm³/mol. The van der Waals surface area contributed by atoms with Crippen molar-refractivity contribution in [2.24, 2.45) is 0 Å². The summed E-state index contributed by atoms with van der Waals surface area (Å²) in [5.41, 5.74) is -5.61. The number of aryl methyl sites for hydroxylation is 1. The van der Waals surface area contributed by atoms with Crippen LogP contribution < -0.4 is 4.72 Å². The number of benzene rings is 1.